The standard InChI is InChI=1S/C23H24N2O6/c1-28-17-12-14(13-18(29-2)21(17)30-3)22(26)24-19-20(25-10-6-7-11-25)15-8-4-5-9-16(15)31-23(19)27/h4-5,8-9,12-13H,6-7,10-11H2,1-3H3,(H,24,26). The van der Waals surface area contributed by atoms with Crippen LogP contribution in [0.2, 0.25) is 0 Å². The van der Waals surface area contributed by atoms with Gasteiger partial charge in [0.15, 0.2) is 17.2 Å². The van der Waals surface area contributed by atoms with Crippen molar-refractivity contribution in [2.75, 3.05) is 44.6 Å². The summed E-state index contributed by atoms with van der Waals surface area (Å²) >= 11 is 0. The molecular weight excluding hydrogens is 400 g/mol. The molecule has 2 heterocycles. The third-order valence-electron chi connectivity index (χ3n) is 5.37. The summed E-state index contributed by atoms with van der Waals surface area (Å²) in [4.78, 5) is 28.1. The topological polar surface area (TPSA) is 90.2 Å². The van der Waals surface area contributed by atoms with Gasteiger partial charge in [0.05, 0.1) is 27.0 Å². The van der Waals surface area contributed by atoms with E-state index in [9.17, 15) is 9.59 Å². The Morgan fingerprint density at radius 3 is 2.26 bits per heavy atom. The first-order chi connectivity index (χ1) is 15.1. The fourth-order valence-corrected chi connectivity index (χ4v) is 3.91. The fraction of sp³-hybridized carbons (Fsp3) is 0.304. The number of para-hydroxylation sites is 1. The highest BCUT2D eigenvalue weighted by molar-refractivity contribution is 6.09. The Kier molecular flexibility index (Phi) is 5.70. The van der Waals surface area contributed by atoms with E-state index in [1.54, 1.807) is 6.07 Å². The number of carbonyl (C=O) groups is 1. The molecule has 0 spiro atoms. The van der Waals surface area contributed by atoms with Gasteiger partial charge in [-0.1, -0.05) is 12.1 Å². The van der Waals surface area contributed by atoms with Crippen LogP contribution in [0.5, 0.6) is 17.2 Å². The van der Waals surface area contributed by atoms with E-state index < -0.39 is 11.5 Å². The minimum atomic E-state index is -0.596. The van der Waals surface area contributed by atoms with Crippen LogP contribution in [0.3, 0.4) is 0 Å². The number of anilines is 2. The van der Waals surface area contributed by atoms with Crippen molar-refractivity contribution in [3.63, 3.8) is 0 Å². The van der Waals surface area contributed by atoms with Crippen molar-refractivity contribution in [2.45, 2.75) is 12.8 Å². The van der Waals surface area contributed by atoms with Crippen molar-refractivity contribution >= 4 is 28.3 Å². The van der Waals surface area contributed by atoms with E-state index >= 15 is 0 Å². The minimum Gasteiger partial charge on any atom is -0.493 e. The fourth-order valence-electron chi connectivity index (χ4n) is 3.91. The number of nitrogens with zero attached hydrogens (tertiary/aromatic N) is 1. The Morgan fingerprint density at radius 2 is 1.65 bits per heavy atom. The molecule has 1 N–H and O–H groups in total. The second-order valence-electron chi connectivity index (χ2n) is 7.17. The predicted molar refractivity (Wildman–Crippen MR) is 118 cm³/mol. The van der Waals surface area contributed by atoms with Crippen LogP contribution in [-0.2, 0) is 0 Å². The molecule has 8 heteroatoms. The van der Waals surface area contributed by atoms with Gasteiger partial charge in [-0.25, -0.2) is 4.79 Å². The van der Waals surface area contributed by atoms with Gasteiger partial charge >= 0.3 is 5.63 Å². The van der Waals surface area contributed by atoms with Gasteiger partial charge in [-0.3, -0.25) is 4.79 Å². The molecule has 1 amide bonds. The van der Waals surface area contributed by atoms with Crippen molar-refractivity contribution in [3.05, 3.63) is 52.4 Å². The van der Waals surface area contributed by atoms with Gasteiger partial charge < -0.3 is 28.8 Å². The predicted octanol–water partition coefficient (Wildman–Crippen LogP) is 3.67. The summed E-state index contributed by atoms with van der Waals surface area (Å²) in [6.45, 7) is 1.61. The number of hydrogen-bond acceptors (Lipinski definition) is 7. The van der Waals surface area contributed by atoms with Crippen molar-refractivity contribution in [1.29, 1.82) is 0 Å². The molecule has 0 unspecified atom stereocenters. The zero-order chi connectivity index (χ0) is 22.0. The average Bonchev–Trinajstić information content (AvgIpc) is 3.32. The number of hydrogen-bond donors (Lipinski definition) is 1. The van der Waals surface area contributed by atoms with Gasteiger partial charge in [0.25, 0.3) is 5.91 Å². The van der Waals surface area contributed by atoms with E-state index in [0.717, 1.165) is 31.3 Å². The Bertz CT molecular complexity index is 1160. The first kappa shape index (κ1) is 20.6. The number of carbonyl (C=O) groups excluding carboxylic acids is 1. The largest absolute Gasteiger partial charge is 0.493 e. The maximum absolute atomic E-state index is 13.1. The monoisotopic (exact) mass is 424 g/mol. The molecule has 8 nitrogen and oxygen atoms in total. The first-order valence-corrected chi connectivity index (χ1v) is 9.99. The molecule has 3 aromatic rings. The van der Waals surface area contributed by atoms with Gasteiger partial charge in [0.1, 0.15) is 5.58 Å². The number of fused-ring (bicyclic) bond motifs is 1. The second kappa shape index (κ2) is 8.59. The lowest BCUT2D eigenvalue weighted by Crippen LogP contribution is -2.25. The quantitative estimate of drug-likeness (QED) is 0.604. The molecular formula is C23H24N2O6. The lowest BCUT2D eigenvalue weighted by Gasteiger charge is -2.22. The zero-order valence-electron chi connectivity index (χ0n) is 17.7. The number of amides is 1. The van der Waals surface area contributed by atoms with E-state index in [1.165, 1.54) is 33.5 Å². The van der Waals surface area contributed by atoms with Crippen LogP contribution in [0.15, 0.2) is 45.6 Å². The molecule has 1 fully saturated rings. The average molecular weight is 424 g/mol. The summed E-state index contributed by atoms with van der Waals surface area (Å²) in [5.41, 5.74) is 0.959. The molecule has 162 valence electrons. The Labute approximate surface area is 179 Å². The molecule has 1 aromatic heterocycles. The summed E-state index contributed by atoms with van der Waals surface area (Å²) in [5.74, 6) is 0.585. The zero-order valence-corrected chi connectivity index (χ0v) is 17.7. The van der Waals surface area contributed by atoms with Crippen LogP contribution < -0.4 is 30.1 Å². The smallest absolute Gasteiger partial charge is 0.362 e. The van der Waals surface area contributed by atoms with Crippen molar-refractivity contribution in [1.82, 2.24) is 0 Å². The normalized spacial score (nSPS) is 13.3. The maximum Gasteiger partial charge on any atom is 0.362 e. The third kappa shape index (κ3) is 3.76. The summed E-state index contributed by atoms with van der Waals surface area (Å²) in [6.07, 6.45) is 2.05. The Balaban J connectivity index is 1.80. The van der Waals surface area contributed by atoms with Crippen LogP contribution in [0, 0.1) is 0 Å². The molecule has 2 aromatic carbocycles. The minimum absolute atomic E-state index is 0.124. The van der Waals surface area contributed by atoms with Gasteiger partial charge in [0.2, 0.25) is 5.75 Å². The highest BCUT2D eigenvalue weighted by atomic mass is 16.5. The SMILES string of the molecule is COc1cc(C(=O)Nc2c(N3CCCC3)c3ccccc3oc2=O)cc(OC)c1OC. The van der Waals surface area contributed by atoms with E-state index in [0.29, 0.717) is 28.5 Å². The van der Waals surface area contributed by atoms with Crippen LogP contribution in [0.4, 0.5) is 11.4 Å². The molecule has 4 rings (SSSR count). The molecule has 0 saturated carbocycles. The molecule has 0 atom stereocenters. The molecule has 0 radical (unpaired) electrons. The molecule has 31 heavy (non-hydrogen) atoms. The number of methoxy groups -OCH3 is 3. The summed E-state index contributed by atoms with van der Waals surface area (Å²) in [5, 5.41) is 3.55. The van der Waals surface area contributed by atoms with Gasteiger partial charge in [-0.15, -0.1) is 0 Å². The highest BCUT2D eigenvalue weighted by Crippen LogP contribution is 2.39. The number of rotatable bonds is 6. The molecule has 1 saturated heterocycles. The lowest BCUT2D eigenvalue weighted by molar-refractivity contribution is 0.102. The molecule has 0 bridgehead atoms. The number of ether oxygens (including phenoxy) is 3. The van der Waals surface area contributed by atoms with Crippen LogP contribution in [0.25, 0.3) is 11.0 Å². The van der Waals surface area contributed by atoms with E-state index in [2.05, 4.69) is 10.2 Å². The molecule has 1 aliphatic rings. The second-order valence-corrected chi connectivity index (χ2v) is 7.17. The van der Waals surface area contributed by atoms with Crippen LogP contribution in [-0.4, -0.2) is 40.3 Å². The van der Waals surface area contributed by atoms with Crippen molar-refractivity contribution in [3.8, 4) is 17.2 Å². The van der Waals surface area contributed by atoms with Gasteiger partial charge in [0, 0.05) is 24.0 Å². The van der Waals surface area contributed by atoms with Crippen molar-refractivity contribution < 1.29 is 23.4 Å². The molecule has 0 aliphatic carbocycles. The number of benzene rings is 2. The van der Waals surface area contributed by atoms with Crippen molar-refractivity contribution in [2.24, 2.45) is 0 Å². The summed E-state index contributed by atoms with van der Waals surface area (Å²) in [6, 6.07) is 10.4. The van der Waals surface area contributed by atoms with Gasteiger partial charge in [-0.2, -0.15) is 0 Å². The van der Waals surface area contributed by atoms with E-state index in [1.807, 2.05) is 18.2 Å². The van der Waals surface area contributed by atoms with Crippen LogP contribution >= 0.6 is 0 Å². The Morgan fingerprint density at radius 1 is 1.00 bits per heavy atom. The van der Waals surface area contributed by atoms with E-state index in [-0.39, 0.29) is 11.3 Å². The summed E-state index contributed by atoms with van der Waals surface area (Å²) < 4.78 is 21.5. The molecule has 1 aliphatic heterocycles. The maximum atomic E-state index is 13.1. The van der Waals surface area contributed by atoms with E-state index in [4.69, 9.17) is 18.6 Å². The van der Waals surface area contributed by atoms with Crippen LogP contribution in [0.1, 0.15) is 23.2 Å². The first-order valence-electron chi connectivity index (χ1n) is 9.99. The van der Waals surface area contributed by atoms with Gasteiger partial charge in [-0.05, 0) is 37.1 Å². The third-order valence-corrected chi connectivity index (χ3v) is 5.37. The highest BCUT2D eigenvalue weighted by Gasteiger charge is 2.25. The summed E-state index contributed by atoms with van der Waals surface area (Å²) in [7, 11) is 4.44. The lowest BCUT2D eigenvalue weighted by atomic mass is 10.1. The number of nitrogens with one attached hydrogen (secondary N) is 1. The Hall–Kier alpha value is -3.68.